The molecule has 2 aromatic rings. The van der Waals surface area contributed by atoms with Crippen molar-refractivity contribution in [3.63, 3.8) is 0 Å². The second-order valence-electron chi connectivity index (χ2n) is 15.2. The van der Waals surface area contributed by atoms with E-state index in [0.717, 1.165) is 56.8 Å². The molecule has 0 spiro atoms. The predicted octanol–water partition coefficient (Wildman–Crippen LogP) is 9.29. The van der Waals surface area contributed by atoms with Crippen molar-refractivity contribution >= 4 is 23.8 Å². The van der Waals surface area contributed by atoms with Gasteiger partial charge in [0.25, 0.3) is 11.8 Å². The van der Waals surface area contributed by atoms with Gasteiger partial charge in [-0.3, -0.25) is 14.5 Å². The summed E-state index contributed by atoms with van der Waals surface area (Å²) in [5.74, 6) is -0.00326. The molecule has 1 heterocycles. The van der Waals surface area contributed by atoms with E-state index in [-0.39, 0.29) is 6.04 Å². The number of ether oxygens (including phenoxy) is 2. The van der Waals surface area contributed by atoms with Gasteiger partial charge < -0.3 is 9.47 Å². The Labute approximate surface area is 292 Å². The lowest BCUT2D eigenvalue weighted by atomic mass is 9.77. The first kappa shape index (κ1) is 35.3. The molecule has 1 aliphatic heterocycles. The number of hydrogen-bond donors (Lipinski definition) is 0. The summed E-state index contributed by atoms with van der Waals surface area (Å²) in [6.07, 6.45) is 15.8. The number of carbonyl (C=O) groups excluding carboxylic acids is 4. The van der Waals surface area contributed by atoms with Crippen molar-refractivity contribution in [1.82, 2.24) is 4.90 Å². The topological polar surface area (TPSA) is 90.0 Å². The van der Waals surface area contributed by atoms with Crippen molar-refractivity contribution in [2.75, 3.05) is 0 Å². The monoisotopic (exact) mass is 669 g/mol. The Balaban J connectivity index is 1.13. The first-order valence-corrected chi connectivity index (χ1v) is 19.3. The van der Waals surface area contributed by atoms with E-state index in [4.69, 9.17) is 9.47 Å². The van der Waals surface area contributed by atoms with E-state index in [1.54, 1.807) is 24.3 Å². The lowest BCUT2D eigenvalue weighted by molar-refractivity contribution is -0.145. The summed E-state index contributed by atoms with van der Waals surface area (Å²) in [5, 5.41) is 0. The quantitative estimate of drug-likeness (QED) is 0.175. The maximum atomic E-state index is 13.8. The number of rotatable bonds is 11. The average molecular weight is 670 g/mol. The van der Waals surface area contributed by atoms with Crippen molar-refractivity contribution in [2.45, 2.75) is 153 Å². The van der Waals surface area contributed by atoms with Crippen LogP contribution in [0.3, 0.4) is 0 Å². The van der Waals surface area contributed by atoms with E-state index >= 15 is 0 Å². The highest BCUT2D eigenvalue weighted by atomic mass is 16.6. The van der Waals surface area contributed by atoms with Crippen LogP contribution in [0.4, 0.5) is 0 Å². The Kier molecular flexibility index (Phi) is 11.9. The van der Waals surface area contributed by atoms with Gasteiger partial charge in [-0.15, -0.1) is 0 Å². The lowest BCUT2D eigenvalue weighted by Gasteiger charge is -2.29. The summed E-state index contributed by atoms with van der Waals surface area (Å²) in [4.78, 5) is 55.6. The Hall–Kier alpha value is -3.48. The smallest absolute Gasteiger partial charge is 0.339 e. The van der Waals surface area contributed by atoms with Crippen molar-refractivity contribution in [2.24, 2.45) is 11.8 Å². The summed E-state index contributed by atoms with van der Waals surface area (Å²) in [5.41, 5.74) is 3.04. The summed E-state index contributed by atoms with van der Waals surface area (Å²) < 4.78 is 11.5. The minimum Gasteiger partial charge on any atom is -0.444 e. The lowest BCUT2D eigenvalue weighted by Crippen LogP contribution is -2.43. The zero-order valence-electron chi connectivity index (χ0n) is 29.6. The van der Waals surface area contributed by atoms with Gasteiger partial charge >= 0.3 is 11.9 Å². The minimum absolute atomic E-state index is 0.281. The van der Waals surface area contributed by atoms with Gasteiger partial charge in [-0.25, -0.2) is 9.59 Å². The van der Waals surface area contributed by atoms with Crippen molar-refractivity contribution < 1.29 is 28.7 Å². The van der Waals surface area contributed by atoms with Crippen LogP contribution in [-0.4, -0.2) is 46.9 Å². The Bertz CT molecular complexity index is 1330. The molecule has 2 aromatic carbocycles. The van der Waals surface area contributed by atoms with Gasteiger partial charge in [-0.1, -0.05) is 83.1 Å². The number of nitrogens with zero attached hydrogens (tertiary/aromatic N) is 1. The van der Waals surface area contributed by atoms with Gasteiger partial charge in [0.2, 0.25) is 12.2 Å². The molecule has 2 atom stereocenters. The van der Waals surface area contributed by atoms with E-state index in [0.29, 0.717) is 35.8 Å². The number of amides is 2. The molecule has 4 fully saturated rings. The fourth-order valence-corrected chi connectivity index (χ4v) is 9.10. The molecule has 4 aliphatic rings. The van der Waals surface area contributed by atoms with Gasteiger partial charge in [0.15, 0.2) is 0 Å². The van der Waals surface area contributed by atoms with Crippen LogP contribution in [0.5, 0.6) is 0 Å². The van der Waals surface area contributed by atoms with Gasteiger partial charge in [0.05, 0.1) is 11.1 Å². The first-order chi connectivity index (χ1) is 23.9. The van der Waals surface area contributed by atoms with Gasteiger partial charge in [-0.05, 0) is 123 Å². The summed E-state index contributed by atoms with van der Waals surface area (Å²) >= 11 is 0. The molecule has 49 heavy (non-hydrogen) atoms. The van der Waals surface area contributed by atoms with Crippen molar-refractivity contribution in [3.8, 4) is 0 Å². The molecule has 1 saturated heterocycles. The molecule has 0 aromatic heterocycles. The summed E-state index contributed by atoms with van der Waals surface area (Å²) in [7, 11) is 0. The number of likely N-dealkylation sites (tertiary alicyclic amines) is 1. The van der Waals surface area contributed by atoms with Crippen LogP contribution in [0.25, 0.3) is 0 Å². The third-order valence-electron chi connectivity index (χ3n) is 12.0. The molecular formula is C42H55NO6. The Morgan fingerprint density at radius 3 is 1.33 bits per heavy atom. The summed E-state index contributed by atoms with van der Waals surface area (Å²) in [6.45, 7) is 4.49. The molecule has 3 saturated carbocycles. The number of benzene rings is 2. The molecule has 0 radical (unpaired) electrons. The Morgan fingerprint density at radius 1 is 0.571 bits per heavy atom. The van der Waals surface area contributed by atoms with Gasteiger partial charge in [0.1, 0.15) is 0 Å². The highest BCUT2D eigenvalue weighted by Crippen LogP contribution is 2.39. The van der Waals surface area contributed by atoms with Crippen molar-refractivity contribution in [1.29, 1.82) is 0 Å². The SMILES string of the molecule is CCCC1CCC(c2ccc(C(=O)O[C@H]3C(=O)N(C4CCCCC4)C(=O)[C@@H]3OC(=O)c3ccc(C4CCC(CCC)CC4)cc3)cc2)CC1. The van der Waals surface area contributed by atoms with E-state index in [1.165, 1.54) is 67.4 Å². The number of hydrogen-bond acceptors (Lipinski definition) is 6. The fraction of sp³-hybridized carbons (Fsp3) is 0.619. The van der Waals surface area contributed by atoms with Crippen molar-refractivity contribution in [3.05, 3.63) is 70.8 Å². The normalized spacial score (nSPS) is 28.0. The molecule has 6 rings (SSSR count). The third-order valence-corrected chi connectivity index (χ3v) is 12.0. The molecule has 3 aliphatic carbocycles. The molecule has 0 N–H and O–H groups in total. The van der Waals surface area contributed by atoms with E-state index < -0.39 is 36.0 Å². The maximum Gasteiger partial charge on any atom is 0.339 e. The van der Waals surface area contributed by atoms with Crippen LogP contribution < -0.4 is 0 Å². The van der Waals surface area contributed by atoms with E-state index in [9.17, 15) is 19.2 Å². The van der Waals surface area contributed by atoms with Gasteiger partial charge in [-0.2, -0.15) is 0 Å². The molecule has 0 bridgehead atoms. The largest absolute Gasteiger partial charge is 0.444 e. The molecular weight excluding hydrogens is 614 g/mol. The fourth-order valence-electron chi connectivity index (χ4n) is 9.10. The number of imide groups is 1. The van der Waals surface area contributed by atoms with E-state index in [2.05, 4.69) is 13.8 Å². The van der Waals surface area contributed by atoms with Crippen LogP contribution in [0.1, 0.15) is 167 Å². The second-order valence-corrected chi connectivity index (χ2v) is 15.2. The third kappa shape index (κ3) is 8.29. The number of esters is 2. The summed E-state index contributed by atoms with van der Waals surface area (Å²) in [6, 6.07) is 14.6. The highest BCUT2D eigenvalue weighted by Gasteiger charge is 2.55. The zero-order chi connectivity index (χ0) is 34.3. The highest BCUT2D eigenvalue weighted by molar-refractivity contribution is 6.10. The van der Waals surface area contributed by atoms with Crippen LogP contribution >= 0.6 is 0 Å². The molecule has 7 nitrogen and oxygen atoms in total. The number of carbonyl (C=O) groups is 4. The first-order valence-electron chi connectivity index (χ1n) is 19.3. The van der Waals surface area contributed by atoms with Crippen LogP contribution in [0, 0.1) is 11.8 Å². The molecule has 2 amide bonds. The molecule has 7 heteroatoms. The van der Waals surface area contributed by atoms with Crippen LogP contribution in [0.15, 0.2) is 48.5 Å². The van der Waals surface area contributed by atoms with Crippen LogP contribution in [0.2, 0.25) is 0 Å². The second kappa shape index (κ2) is 16.5. The minimum atomic E-state index is -1.52. The standard InChI is InChI=1S/C42H55NO6/c1-3-8-28-12-16-30(17-13-28)32-20-24-34(25-21-32)41(46)48-37-38(40(45)43(39(37)44)36-10-6-5-7-11-36)49-42(47)35-26-22-33(23-27-35)31-18-14-29(9-4-2)15-19-31/h20-31,36-38H,3-19H2,1-2H3/t28?,29?,30?,31?,37-,38-/m1/s1. The van der Waals surface area contributed by atoms with Crippen LogP contribution in [-0.2, 0) is 19.1 Å². The average Bonchev–Trinajstić information content (AvgIpc) is 3.36. The maximum absolute atomic E-state index is 13.8. The Morgan fingerprint density at radius 2 is 0.959 bits per heavy atom. The van der Waals surface area contributed by atoms with Gasteiger partial charge in [0, 0.05) is 6.04 Å². The molecule has 0 unspecified atom stereocenters. The molecule has 264 valence electrons. The zero-order valence-corrected chi connectivity index (χ0v) is 29.6. The van der Waals surface area contributed by atoms with E-state index in [1.807, 2.05) is 24.3 Å². The predicted molar refractivity (Wildman–Crippen MR) is 189 cm³/mol.